The summed E-state index contributed by atoms with van der Waals surface area (Å²) in [7, 11) is 0. The minimum absolute atomic E-state index is 0.160. The fraction of sp³-hybridized carbons (Fsp3) is 0.250. The number of carbonyl (C=O) groups is 2. The Morgan fingerprint density at radius 1 is 1.14 bits per heavy atom. The highest BCUT2D eigenvalue weighted by atomic mass is 16.4. The number of carboxylic acids is 1. The molecule has 2 aromatic rings. The molecule has 0 aliphatic carbocycles. The number of amides is 1. The van der Waals surface area contributed by atoms with Gasteiger partial charge >= 0.3 is 5.97 Å². The Labute approximate surface area is 128 Å². The Kier molecular flexibility index (Phi) is 4.83. The molecule has 1 atom stereocenters. The molecule has 0 aliphatic rings. The Morgan fingerprint density at radius 3 is 2.36 bits per heavy atom. The van der Waals surface area contributed by atoms with Crippen LogP contribution in [0.25, 0.3) is 0 Å². The molecule has 0 unspecified atom stereocenters. The SMILES string of the molecule is Cc1ccc([C@H](CC(=O)O)NC(=O)c2cnc(C)cn2)cc1. The fourth-order valence-electron chi connectivity index (χ4n) is 1.97. The molecule has 0 aliphatic heterocycles. The Balaban J connectivity index is 2.19. The third-order valence-electron chi connectivity index (χ3n) is 3.18. The van der Waals surface area contributed by atoms with E-state index in [1.165, 1.54) is 12.4 Å². The van der Waals surface area contributed by atoms with Crippen molar-refractivity contribution in [2.45, 2.75) is 26.3 Å². The molecule has 0 fully saturated rings. The second kappa shape index (κ2) is 6.80. The molecule has 1 aromatic carbocycles. The van der Waals surface area contributed by atoms with Crippen LogP contribution < -0.4 is 5.32 Å². The summed E-state index contributed by atoms with van der Waals surface area (Å²) in [5, 5.41) is 11.7. The average molecular weight is 299 g/mol. The van der Waals surface area contributed by atoms with Gasteiger partial charge in [0.05, 0.1) is 24.4 Å². The number of aryl methyl sites for hydroxylation is 2. The number of nitrogens with one attached hydrogen (secondary N) is 1. The summed E-state index contributed by atoms with van der Waals surface area (Å²) < 4.78 is 0. The quantitative estimate of drug-likeness (QED) is 0.881. The van der Waals surface area contributed by atoms with Crippen LogP contribution in [0.3, 0.4) is 0 Å². The molecule has 0 spiro atoms. The van der Waals surface area contributed by atoms with Gasteiger partial charge in [0.1, 0.15) is 5.69 Å². The number of rotatable bonds is 5. The van der Waals surface area contributed by atoms with Crippen molar-refractivity contribution in [3.63, 3.8) is 0 Å². The van der Waals surface area contributed by atoms with E-state index in [1.807, 2.05) is 31.2 Å². The number of carboxylic acid groups (broad SMARTS) is 1. The van der Waals surface area contributed by atoms with Crippen molar-refractivity contribution < 1.29 is 14.7 Å². The van der Waals surface area contributed by atoms with Gasteiger partial charge in [-0.25, -0.2) is 4.98 Å². The van der Waals surface area contributed by atoms with Gasteiger partial charge in [-0.3, -0.25) is 14.6 Å². The first-order valence-electron chi connectivity index (χ1n) is 6.83. The van der Waals surface area contributed by atoms with Crippen molar-refractivity contribution in [2.75, 3.05) is 0 Å². The second-order valence-corrected chi connectivity index (χ2v) is 5.08. The summed E-state index contributed by atoms with van der Waals surface area (Å²) in [5.74, 6) is -1.43. The van der Waals surface area contributed by atoms with E-state index >= 15 is 0 Å². The highest BCUT2D eigenvalue weighted by Gasteiger charge is 2.19. The maximum absolute atomic E-state index is 12.2. The van der Waals surface area contributed by atoms with Gasteiger partial charge < -0.3 is 10.4 Å². The summed E-state index contributed by atoms with van der Waals surface area (Å²) in [4.78, 5) is 31.2. The number of hydrogen-bond donors (Lipinski definition) is 2. The van der Waals surface area contributed by atoms with Gasteiger partial charge in [0.2, 0.25) is 0 Å². The zero-order valence-corrected chi connectivity index (χ0v) is 12.4. The first-order valence-corrected chi connectivity index (χ1v) is 6.83. The number of benzene rings is 1. The molecule has 2 N–H and O–H groups in total. The van der Waals surface area contributed by atoms with Gasteiger partial charge in [-0.05, 0) is 19.4 Å². The monoisotopic (exact) mass is 299 g/mol. The molecule has 1 amide bonds. The highest BCUT2D eigenvalue weighted by molar-refractivity contribution is 5.92. The number of nitrogens with zero attached hydrogens (tertiary/aromatic N) is 2. The maximum Gasteiger partial charge on any atom is 0.305 e. The standard InChI is InChI=1S/C16H17N3O3/c1-10-3-5-12(6-4-10)13(7-15(20)21)19-16(22)14-9-17-11(2)8-18-14/h3-6,8-9,13H,7H2,1-2H3,(H,19,22)(H,20,21)/t13-/m0/s1. The van der Waals surface area contributed by atoms with E-state index in [0.29, 0.717) is 5.69 Å². The molecule has 0 radical (unpaired) electrons. The molecule has 6 heteroatoms. The molecule has 1 heterocycles. The van der Waals surface area contributed by atoms with Crippen molar-refractivity contribution in [1.29, 1.82) is 0 Å². The van der Waals surface area contributed by atoms with Crippen molar-refractivity contribution in [3.05, 3.63) is 59.2 Å². The lowest BCUT2D eigenvalue weighted by atomic mass is 10.0. The van der Waals surface area contributed by atoms with E-state index in [-0.39, 0.29) is 12.1 Å². The van der Waals surface area contributed by atoms with Crippen molar-refractivity contribution >= 4 is 11.9 Å². The normalized spacial score (nSPS) is 11.7. The molecule has 6 nitrogen and oxygen atoms in total. The van der Waals surface area contributed by atoms with Crippen LogP contribution >= 0.6 is 0 Å². The molecule has 0 bridgehead atoms. The van der Waals surface area contributed by atoms with Crippen LogP contribution in [-0.2, 0) is 4.79 Å². The van der Waals surface area contributed by atoms with Crippen LogP contribution in [0.5, 0.6) is 0 Å². The number of aromatic nitrogens is 2. The average Bonchev–Trinajstić information content (AvgIpc) is 2.47. The van der Waals surface area contributed by atoms with Gasteiger partial charge in [0, 0.05) is 6.20 Å². The molecule has 0 saturated heterocycles. The molecular weight excluding hydrogens is 282 g/mol. The lowest BCUT2D eigenvalue weighted by Crippen LogP contribution is -2.31. The molecule has 22 heavy (non-hydrogen) atoms. The molecular formula is C16H17N3O3. The third-order valence-corrected chi connectivity index (χ3v) is 3.18. The van der Waals surface area contributed by atoms with Crippen LogP contribution in [0.4, 0.5) is 0 Å². The highest BCUT2D eigenvalue weighted by Crippen LogP contribution is 2.18. The predicted molar refractivity (Wildman–Crippen MR) is 80.4 cm³/mol. The van der Waals surface area contributed by atoms with E-state index in [1.54, 1.807) is 6.92 Å². The number of hydrogen-bond acceptors (Lipinski definition) is 4. The zero-order chi connectivity index (χ0) is 16.1. The lowest BCUT2D eigenvalue weighted by Gasteiger charge is -2.17. The van der Waals surface area contributed by atoms with Gasteiger partial charge in [-0.2, -0.15) is 0 Å². The van der Waals surface area contributed by atoms with Gasteiger partial charge in [-0.1, -0.05) is 29.8 Å². The Morgan fingerprint density at radius 2 is 1.82 bits per heavy atom. The Hall–Kier alpha value is -2.76. The smallest absolute Gasteiger partial charge is 0.305 e. The molecule has 1 aromatic heterocycles. The van der Waals surface area contributed by atoms with Crippen LogP contribution in [0.15, 0.2) is 36.7 Å². The molecule has 2 rings (SSSR count). The minimum Gasteiger partial charge on any atom is -0.481 e. The van der Waals surface area contributed by atoms with Crippen molar-refractivity contribution in [2.24, 2.45) is 0 Å². The van der Waals surface area contributed by atoms with Crippen molar-refractivity contribution in [3.8, 4) is 0 Å². The predicted octanol–water partition coefficient (Wildman–Crippen LogP) is 2.04. The molecule has 114 valence electrons. The van der Waals surface area contributed by atoms with E-state index in [0.717, 1.165) is 11.1 Å². The second-order valence-electron chi connectivity index (χ2n) is 5.08. The van der Waals surface area contributed by atoms with E-state index in [9.17, 15) is 9.59 Å². The fourth-order valence-corrected chi connectivity index (χ4v) is 1.97. The summed E-state index contributed by atoms with van der Waals surface area (Å²) in [6.45, 7) is 3.71. The first kappa shape index (κ1) is 15.6. The van der Waals surface area contributed by atoms with Crippen LogP contribution in [0, 0.1) is 13.8 Å². The topological polar surface area (TPSA) is 92.2 Å². The van der Waals surface area contributed by atoms with Crippen molar-refractivity contribution in [1.82, 2.24) is 15.3 Å². The third kappa shape index (κ3) is 4.12. The maximum atomic E-state index is 12.2. The molecule has 0 saturated carbocycles. The van der Waals surface area contributed by atoms with Crippen LogP contribution in [-0.4, -0.2) is 27.0 Å². The summed E-state index contributed by atoms with van der Waals surface area (Å²) in [6.07, 6.45) is 2.67. The largest absolute Gasteiger partial charge is 0.481 e. The van der Waals surface area contributed by atoms with Gasteiger partial charge in [0.15, 0.2) is 0 Å². The summed E-state index contributed by atoms with van der Waals surface area (Å²) in [6, 6.07) is 6.76. The number of aliphatic carboxylic acids is 1. The van der Waals surface area contributed by atoms with E-state index in [4.69, 9.17) is 5.11 Å². The Bertz CT molecular complexity index is 666. The summed E-state index contributed by atoms with van der Waals surface area (Å²) in [5.41, 5.74) is 2.67. The van der Waals surface area contributed by atoms with E-state index in [2.05, 4.69) is 15.3 Å². The van der Waals surface area contributed by atoms with Gasteiger partial charge in [-0.15, -0.1) is 0 Å². The van der Waals surface area contributed by atoms with Crippen LogP contribution in [0.1, 0.15) is 39.8 Å². The van der Waals surface area contributed by atoms with Crippen LogP contribution in [0.2, 0.25) is 0 Å². The zero-order valence-electron chi connectivity index (χ0n) is 12.4. The van der Waals surface area contributed by atoms with Gasteiger partial charge in [0.25, 0.3) is 5.91 Å². The lowest BCUT2D eigenvalue weighted by molar-refractivity contribution is -0.137. The van der Waals surface area contributed by atoms with E-state index < -0.39 is 17.9 Å². The summed E-state index contributed by atoms with van der Waals surface area (Å²) >= 11 is 0. The minimum atomic E-state index is -0.985. The first-order chi connectivity index (χ1) is 10.5. The number of carbonyl (C=O) groups excluding carboxylic acids is 1.